The van der Waals surface area contributed by atoms with E-state index in [0.717, 1.165) is 25.3 Å². The molecule has 0 atom stereocenters. The third-order valence-electron chi connectivity index (χ3n) is 2.52. The van der Waals surface area contributed by atoms with Gasteiger partial charge >= 0.3 is 0 Å². The standard InChI is InChI=1S/C11H18N6/c1-9(2)17-7-10(6-15-17)5-12-4-3-11-13-8-14-16-11/h6-9,12H,3-5H2,1-2H3,(H,13,14,16). The molecule has 0 aromatic carbocycles. The molecule has 0 bridgehead atoms. The SMILES string of the molecule is CC(C)n1cc(CNCCc2ncn[nH]2)cn1. The van der Waals surface area contributed by atoms with Crippen LogP contribution in [0, 0.1) is 0 Å². The topological polar surface area (TPSA) is 71.4 Å². The highest BCUT2D eigenvalue weighted by Crippen LogP contribution is 2.04. The molecule has 0 aliphatic rings. The first-order valence-corrected chi connectivity index (χ1v) is 5.83. The van der Waals surface area contributed by atoms with E-state index < -0.39 is 0 Å². The number of H-pyrrole nitrogens is 1. The lowest BCUT2D eigenvalue weighted by molar-refractivity contribution is 0.531. The Morgan fingerprint density at radius 2 is 2.35 bits per heavy atom. The van der Waals surface area contributed by atoms with Gasteiger partial charge in [-0.3, -0.25) is 9.78 Å². The van der Waals surface area contributed by atoms with Crippen molar-refractivity contribution in [3.8, 4) is 0 Å². The molecular formula is C11H18N6. The second kappa shape index (κ2) is 5.58. The van der Waals surface area contributed by atoms with Crippen molar-refractivity contribution < 1.29 is 0 Å². The summed E-state index contributed by atoms with van der Waals surface area (Å²) in [5, 5.41) is 14.3. The van der Waals surface area contributed by atoms with Crippen molar-refractivity contribution in [1.29, 1.82) is 0 Å². The minimum Gasteiger partial charge on any atom is -0.312 e. The minimum atomic E-state index is 0.415. The fourth-order valence-electron chi connectivity index (χ4n) is 1.54. The van der Waals surface area contributed by atoms with Crippen LogP contribution >= 0.6 is 0 Å². The Morgan fingerprint density at radius 3 is 3.00 bits per heavy atom. The van der Waals surface area contributed by atoms with Crippen LogP contribution in [0.15, 0.2) is 18.7 Å². The number of hydrogen-bond acceptors (Lipinski definition) is 4. The van der Waals surface area contributed by atoms with E-state index in [2.05, 4.69) is 45.6 Å². The molecule has 2 rings (SSSR count). The molecule has 17 heavy (non-hydrogen) atoms. The summed E-state index contributed by atoms with van der Waals surface area (Å²) in [6.45, 7) is 5.95. The van der Waals surface area contributed by atoms with Crippen molar-refractivity contribution in [1.82, 2.24) is 30.3 Å². The Morgan fingerprint density at radius 1 is 1.47 bits per heavy atom. The molecule has 6 nitrogen and oxygen atoms in total. The van der Waals surface area contributed by atoms with Crippen LogP contribution in [-0.2, 0) is 13.0 Å². The maximum atomic E-state index is 4.29. The van der Waals surface area contributed by atoms with Gasteiger partial charge in [-0.05, 0) is 13.8 Å². The molecular weight excluding hydrogens is 216 g/mol. The molecule has 0 spiro atoms. The Labute approximate surface area is 100 Å². The Hall–Kier alpha value is -1.69. The van der Waals surface area contributed by atoms with Crippen LogP contribution < -0.4 is 5.32 Å². The molecule has 0 radical (unpaired) electrons. The summed E-state index contributed by atoms with van der Waals surface area (Å²) in [6, 6.07) is 0.415. The molecule has 0 saturated carbocycles. The Bertz CT molecular complexity index is 431. The lowest BCUT2D eigenvalue weighted by Crippen LogP contribution is -2.16. The molecule has 2 aromatic rings. The van der Waals surface area contributed by atoms with Gasteiger partial charge in [0.15, 0.2) is 0 Å². The minimum absolute atomic E-state index is 0.415. The van der Waals surface area contributed by atoms with Crippen LogP contribution in [0.3, 0.4) is 0 Å². The first-order chi connectivity index (χ1) is 8.25. The van der Waals surface area contributed by atoms with E-state index in [9.17, 15) is 0 Å². The number of aromatic amines is 1. The van der Waals surface area contributed by atoms with E-state index in [4.69, 9.17) is 0 Å². The molecule has 2 aromatic heterocycles. The van der Waals surface area contributed by atoms with Gasteiger partial charge < -0.3 is 5.32 Å². The van der Waals surface area contributed by atoms with E-state index >= 15 is 0 Å². The van der Waals surface area contributed by atoms with Gasteiger partial charge in [-0.15, -0.1) is 0 Å². The van der Waals surface area contributed by atoms with Crippen LogP contribution in [0.25, 0.3) is 0 Å². The van der Waals surface area contributed by atoms with Gasteiger partial charge in [-0.1, -0.05) is 0 Å². The van der Waals surface area contributed by atoms with E-state index in [-0.39, 0.29) is 0 Å². The van der Waals surface area contributed by atoms with Crippen LogP contribution in [0.5, 0.6) is 0 Å². The van der Waals surface area contributed by atoms with Crippen molar-refractivity contribution in [2.45, 2.75) is 32.9 Å². The molecule has 0 fully saturated rings. The van der Waals surface area contributed by atoms with Crippen molar-refractivity contribution in [2.24, 2.45) is 0 Å². The molecule has 2 N–H and O–H groups in total. The molecule has 0 saturated heterocycles. The maximum Gasteiger partial charge on any atom is 0.137 e. The normalized spacial score (nSPS) is 11.2. The summed E-state index contributed by atoms with van der Waals surface area (Å²) >= 11 is 0. The van der Waals surface area contributed by atoms with E-state index in [1.807, 2.05) is 10.9 Å². The molecule has 2 heterocycles. The lowest BCUT2D eigenvalue weighted by atomic mass is 10.3. The Balaban J connectivity index is 1.71. The van der Waals surface area contributed by atoms with E-state index in [1.165, 1.54) is 11.9 Å². The summed E-state index contributed by atoms with van der Waals surface area (Å²) in [7, 11) is 0. The van der Waals surface area contributed by atoms with Crippen LogP contribution in [0.4, 0.5) is 0 Å². The lowest BCUT2D eigenvalue weighted by Gasteiger charge is -2.03. The quantitative estimate of drug-likeness (QED) is 0.729. The highest BCUT2D eigenvalue weighted by Gasteiger charge is 2.01. The van der Waals surface area contributed by atoms with Crippen molar-refractivity contribution >= 4 is 0 Å². The average molecular weight is 234 g/mol. The van der Waals surface area contributed by atoms with Gasteiger partial charge in [0.2, 0.25) is 0 Å². The van der Waals surface area contributed by atoms with Gasteiger partial charge in [0.05, 0.1) is 6.20 Å². The first kappa shape index (κ1) is 11.8. The predicted octanol–water partition coefficient (Wildman–Crippen LogP) is 0.914. The zero-order chi connectivity index (χ0) is 12.1. The van der Waals surface area contributed by atoms with Gasteiger partial charge in [0, 0.05) is 37.3 Å². The average Bonchev–Trinajstić information content (AvgIpc) is 2.96. The van der Waals surface area contributed by atoms with Crippen molar-refractivity contribution in [3.63, 3.8) is 0 Å². The van der Waals surface area contributed by atoms with Gasteiger partial charge in [-0.2, -0.15) is 10.2 Å². The monoisotopic (exact) mass is 234 g/mol. The second-order valence-electron chi connectivity index (χ2n) is 4.28. The maximum absolute atomic E-state index is 4.29. The number of hydrogen-bond donors (Lipinski definition) is 2. The molecule has 92 valence electrons. The predicted molar refractivity (Wildman–Crippen MR) is 64.4 cm³/mol. The van der Waals surface area contributed by atoms with Gasteiger partial charge in [-0.25, -0.2) is 4.98 Å². The number of nitrogens with one attached hydrogen (secondary N) is 2. The summed E-state index contributed by atoms with van der Waals surface area (Å²) in [4.78, 5) is 4.06. The van der Waals surface area contributed by atoms with Crippen LogP contribution in [0.2, 0.25) is 0 Å². The largest absolute Gasteiger partial charge is 0.312 e. The first-order valence-electron chi connectivity index (χ1n) is 5.83. The summed E-state index contributed by atoms with van der Waals surface area (Å²) in [6.07, 6.45) is 6.37. The zero-order valence-electron chi connectivity index (χ0n) is 10.2. The summed E-state index contributed by atoms with van der Waals surface area (Å²) < 4.78 is 1.97. The summed E-state index contributed by atoms with van der Waals surface area (Å²) in [5.41, 5.74) is 1.20. The van der Waals surface area contributed by atoms with Crippen molar-refractivity contribution in [2.75, 3.05) is 6.54 Å². The zero-order valence-corrected chi connectivity index (χ0v) is 10.2. The van der Waals surface area contributed by atoms with Crippen molar-refractivity contribution in [3.05, 3.63) is 30.1 Å². The smallest absolute Gasteiger partial charge is 0.137 e. The number of rotatable bonds is 6. The highest BCUT2D eigenvalue weighted by molar-refractivity contribution is 5.03. The van der Waals surface area contributed by atoms with E-state index in [1.54, 1.807) is 0 Å². The number of aromatic nitrogens is 5. The molecule has 0 unspecified atom stereocenters. The highest BCUT2D eigenvalue weighted by atomic mass is 15.3. The summed E-state index contributed by atoms with van der Waals surface area (Å²) in [5.74, 6) is 0.912. The van der Waals surface area contributed by atoms with E-state index in [0.29, 0.717) is 6.04 Å². The third-order valence-corrected chi connectivity index (χ3v) is 2.52. The fourth-order valence-corrected chi connectivity index (χ4v) is 1.54. The fraction of sp³-hybridized carbons (Fsp3) is 0.545. The van der Waals surface area contributed by atoms with Crippen LogP contribution in [-0.4, -0.2) is 31.5 Å². The number of nitrogens with zero attached hydrogens (tertiary/aromatic N) is 4. The molecule has 6 heteroatoms. The third kappa shape index (κ3) is 3.39. The van der Waals surface area contributed by atoms with Gasteiger partial charge in [0.1, 0.15) is 12.2 Å². The van der Waals surface area contributed by atoms with Crippen LogP contribution in [0.1, 0.15) is 31.3 Å². The molecule has 0 aliphatic heterocycles. The Kier molecular flexibility index (Phi) is 3.87. The molecule has 0 amide bonds. The molecule has 0 aliphatic carbocycles. The van der Waals surface area contributed by atoms with Gasteiger partial charge in [0.25, 0.3) is 0 Å². The second-order valence-corrected chi connectivity index (χ2v) is 4.28.